The van der Waals surface area contributed by atoms with Crippen molar-refractivity contribution in [1.82, 2.24) is 0 Å². The molecule has 1 aliphatic carbocycles. The third kappa shape index (κ3) is 3.92. The van der Waals surface area contributed by atoms with Gasteiger partial charge in [-0.1, -0.05) is 37.6 Å². The van der Waals surface area contributed by atoms with Crippen LogP contribution in [0.25, 0.3) is 0 Å². The maximum Gasteiger partial charge on any atom is 0.269 e. The van der Waals surface area contributed by atoms with E-state index in [0.29, 0.717) is 17.4 Å². The van der Waals surface area contributed by atoms with E-state index >= 15 is 0 Å². The summed E-state index contributed by atoms with van der Waals surface area (Å²) in [6.07, 6.45) is 5.66. The van der Waals surface area contributed by atoms with Gasteiger partial charge in [-0.3, -0.25) is 14.9 Å². The average molecular weight is 426 g/mol. The molecule has 0 aromatic heterocycles. The van der Waals surface area contributed by atoms with Gasteiger partial charge in [-0.15, -0.1) is 0 Å². The number of carbonyl (C=O) groups excluding carboxylic acids is 1. The molecule has 1 amide bonds. The number of halogens is 1. The van der Waals surface area contributed by atoms with Crippen LogP contribution in [0.5, 0.6) is 0 Å². The van der Waals surface area contributed by atoms with E-state index in [1.54, 1.807) is 12.1 Å². The molecule has 2 aliphatic rings. The lowest BCUT2D eigenvalue weighted by molar-refractivity contribution is -0.384. The van der Waals surface area contributed by atoms with Gasteiger partial charge < -0.3 is 10.6 Å². The van der Waals surface area contributed by atoms with Crippen LogP contribution in [0, 0.1) is 22.0 Å². The topological polar surface area (TPSA) is 84.3 Å². The molecule has 30 heavy (non-hydrogen) atoms. The SMILES string of the molecule is CC(C)CC(=O)Nc1ccc2c(c1)C1C=CCC1C(c1cc([N+](=O)[O-])ccc1Cl)N2. The Labute approximate surface area is 180 Å². The van der Waals surface area contributed by atoms with Gasteiger partial charge >= 0.3 is 0 Å². The fourth-order valence-corrected chi connectivity index (χ4v) is 4.68. The third-order valence-corrected chi connectivity index (χ3v) is 6.11. The van der Waals surface area contributed by atoms with Gasteiger partial charge in [0.15, 0.2) is 0 Å². The lowest BCUT2D eigenvalue weighted by Crippen LogP contribution is -2.29. The highest BCUT2D eigenvalue weighted by atomic mass is 35.5. The normalized spacial score (nSPS) is 21.7. The molecule has 1 aliphatic heterocycles. The number of rotatable bonds is 5. The number of hydrogen-bond donors (Lipinski definition) is 2. The van der Waals surface area contributed by atoms with E-state index in [-0.39, 0.29) is 29.5 Å². The summed E-state index contributed by atoms with van der Waals surface area (Å²) in [6, 6.07) is 10.3. The number of nitro groups is 1. The number of nitro benzene ring substituents is 1. The number of carbonyl (C=O) groups is 1. The molecule has 1 heterocycles. The minimum absolute atomic E-state index is 0.00786. The van der Waals surface area contributed by atoms with Gasteiger partial charge in [0.05, 0.1) is 11.0 Å². The summed E-state index contributed by atoms with van der Waals surface area (Å²) in [5, 5.41) is 18.3. The molecule has 3 atom stereocenters. The molecule has 0 fully saturated rings. The van der Waals surface area contributed by atoms with Gasteiger partial charge in [-0.2, -0.15) is 0 Å². The Morgan fingerprint density at radius 3 is 2.80 bits per heavy atom. The van der Waals surface area contributed by atoms with Crippen molar-refractivity contribution in [3.8, 4) is 0 Å². The molecule has 0 bridgehead atoms. The molecule has 4 rings (SSSR count). The van der Waals surface area contributed by atoms with Crippen LogP contribution in [0.3, 0.4) is 0 Å². The Bertz CT molecular complexity index is 1030. The van der Waals surface area contributed by atoms with Crippen molar-refractivity contribution in [2.75, 3.05) is 10.6 Å². The van der Waals surface area contributed by atoms with Crippen molar-refractivity contribution in [3.05, 3.63) is 74.8 Å². The first-order valence-corrected chi connectivity index (χ1v) is 10.5. The minimum atomic E-state index is -0.396. The van der Waals surface area contributed by atoms with E-state index in [4.69, 9.17) is 11.6 Å². The number of allylic oxidation sites excluding steroid dienone is 2. The van der Waals surface area contributed by atoms with Crippen LogP contribution in [0.4, 0.5) is 17.1 Å². The smallest absolute Gasteiger partial charge is 0.269 e. The van der Waals surface area contributed by atoms with Crippen molar-refractivity contribution < 1.29 is 9.72 Å². The van der Waals surface area contributed by atoms with Crippen molar-refractivity contribution in [3.63, 3.8) is 0 Å². The van der Waals surface area contributed by atoms with E-state index in [1.165, 1.54) is 6.07 Å². The highest BCUT2D eigenvalue weighted by molar-refractivity contribution is 6.31. The molecule has 6 nitrogen and oxygen atoms in total. The van der Waals surface area contributed by atoms with Gasteiger partial charge in [0.25, 0.3) is 5.69 Å². The largest absolute Gasteiger partial charge is 0.378 e. The second-order valence-corrected chi connectivity index (χ2v) is 8.79. The van der Waals surface area contributed by atoms with Crippen molar-refractivity contribution >= 4 is 34.6 Å². The summed E-state index contributed by atoms with van der Waals surface area (Å²) in [5.74, 6) is 0.655. The molecule has 3 unspecified atom stereocenters. The number of nitrogens with one attached hydrogen (secondary N) is 2. The molecule has 0 spiro atoms. The zero-order chi connectivity index (χ0) is 21.4. The van der Waals surface area contributed by atoms with Gasteiger partial charge in [0.2, 0.25) is 5.91 Å². The van der Waals surface area contributed by atoms with Gasteiger partial charge in [-0.25, -0.2) is 0 Å². The summed E-state index contributed by atoms with van der Waals surface area (Å²) < 4.78 is 0. The Balaban J connectivity index is 1.66. The Morgan fingerprint density at radius 2 is 2.07 bits per heavy atom. The molecule has 2 N–H and O–H groups in total. The predicted octanol–water partition coefficient (Wildman–Crippen LogP) is 6.06. The minimum Gasteiger partial charge on any atom is -0.378 e. The van der Waals surface area contributed by atoms with Crippen molar-refractivity contribution in [2.24, 2.45) is 11.8 Å². The second kappa shape index (κ2) is 8.11. The summed E-state index contributed by atoms with van der Waals surface area (Å²) >= 11 is 6.45. The van der Waals surface area contributed by atoms with E-state index in [2.05, 4.69) is 22.8 Å². The number of benzene rings is 2. The fourth-order valence-electron chi connectivity index (χ4n) is 4.45. The summed E-state index contributed by atoms with van der Waals surface area (Å²) in [7, 11) is 0. The zero-order valence-corrected chi connectivity index (χ0v) is 17.6. The number of amides is 1. The summed E-state index contributed by atoms with van der Waals surface area (Å²) in [5.41, 5.74) is 3.63. The molecule has 156 valence electrons. The number of anilines is 2. The third-order valence-electron chi connectivity index (χ3n) is 5.77. The first kappa shape index (κ1) is 20.4. The van der Waals surface area contributed by atoms with Crippen molar-refractivity contribution in [1.29, 1.82) is 0 Å². The highest BCUT2D eigenvalue weighted by Gasteiger charge is 2.39. The number of nitrogens with zero attached hydrogens (tertiary/aromatic N) is 1. The van der Waals surface area contributed by atoms with Gasteiger partial charge in [0.1, 0.15) is 0 Å². The molecular weight excluding hydrogens is 402 g/mol. The standard InChI is InChI=1S/C23H24ClN3O3/c1-13(2)10-22(28)25-14-6-9-21-18(11-14)16-4-3-5-17(16)23(26-21)19-12-15(27(29)30)7-8-20(19)24/h3-4,6-9,11-13,16-17,23,26H,5,10H2,1-2H3,(H,25,28). The van der Waals surface area contributed by atoms with E-state index in [1.807, 2.05) is 32.0 Å². The molecule has 0 radical (unpaired) electrons. The lowest BCUT2D eigenvalue weighted by Gasteiger charge is -2.38. The Hall–Kier alpha value is -2.86. The van der Waals surface area contributed by atoms with Crippen LogP contribution in [-0.2, 0) is 4.79 Å². The summed E-state index contributed by atoms with van der Waals surface area (Å²) in [4.78, 5) is 23.0. The molecule has 2 aromatic rings. The van der Waals surface area contributed by atoms with Crippen LogP contribution < -0.4 is 10.6 Å². The maximum atomic E-state index is 12.2. The zero-order valence-electron chi connectivity index (χ0n) is 16.9. The lowest BCUT2D eigenvalue weighted by atomic mass is 9.77. The van der Waals surface area contributed by atoms with E-state index < -0.39 is 4.92 Å². The summed E-state index contributed by atoms with van der Waals surface area (Å²) in [6.45, 7) is 4.03. The molecular formula is C23H24ClN3O3. The highest BCUT2D eigenvalue weighted by Crippen LogP contribution is 2.51. The first-order valence-electron chi connectivity index (χ1n) is 10.1. The van der Waals surface area contributed by atoms with E-state index in [9.17, 15) is 14.9 Å². The predicted molar refractivity (Wildman–Crippen MR) is 119 cm³/mol. The van der Waals surface area contributed by atoms with Gasteiger partial charge in [0, 0.05) is 46.4 Å². The molecule has 2 aromatic carbocycles. The van der Waals surface area contributed by atoms with Crippen LogP contribution in [0.1, 0.15) is 49.8 Å². The second-order valence-electron chi connectivity index (χ2n) is 8.39. The first-order chi connectivity index (χ1) is 14.3. The number of fused-ring (bicyclic) bond motifs is 3. The molecule has 7 heteroatoms. The average Bonchev–Trinajstić information content (AvgIpc) is 3.17. The molecule has 0 saturated carbocycles. The van der Waals surface area contributed by atoms with E-state index in [0.717, 1.165) is 28.9 Å². The fraction of sp³-hybridized carbons (Fsp3) is 0.348. The quantitative estimate of drug-likeness (QED) is 0.346. The maximum absolute atomic E-state index is 12.2. The van der Waals surface area contributed by atoms with Gasteiger partial charge in [-0.05, 0) is 48.1 Å². The molecule has 0 saturated heterocycles. The van der Waals surface area contributed by atoms with Crippen LogP contribution >= 0.6 is 11.6 Å². The Morgan fingerprint density at radius 1 is 1.27 bits per heavy atom. The Kier molecular flexibility index (Phi) is 5.52. The van der Waals surface area contributed by atoms with Crippen molar-refractivity contribution in [2.45, 2.75) is 38.6 Å². The monoisotopic (exact) mass is 425 g/mol. The number of hydrogen-bond acceptors (Lipinski definition) is 4. The van der Waals surface area contributed by atoms with Crippen LogP contribution in [-0.4, -0.2) is 10.8 Å². The van der Waals surface area contributed by atoms with Crippen LogP contribution in [0.15, 0.2) is 48.6 Å². The number of non-ortho nitro benzene ring substituents is 1. The van der Waals surface area contributed by atoms with Crippen LogP contribution in [0.2, 0.25) is 5.02 Å².